The number of nitrogens with zero attached hydrogens (tertiary/aromatic N) is 1. The first-order valence-corrected chi connectivity index (χ1v) is 6.50. The molecular weight excluding hydrogens is 291 g/mol. The van der Waals surface area contributed by atoms with E-state index in [1.54, 1.807) is 6.92 Å². The summed E-state index contributed by atoms with van der Waals surface area (Å²) in [6, 6.07) is 3.52. The Morgan fingerprint density at radius 1 is 1.40 bits per heavy atom. The SMILES string of the molecule is Cc1ccc(C(F)(F)F)cc1Cc1nc(C(=O)O)cs1. The highest BCUT2D eigenvalue weighted by molar-refractivity contribution is 7.09. The molecule has 3 nitrogen and oxygen atoms in total. The predicted octanol–water partition coefficient (Wildman–Crippen LogP) is 3.76. The van der Waals surface area contributed by atoms with Gasteiger partial charge in [-0.15, -0.1) is 11.3 Å². The van der Waals surface area contributed by atoms with Gasteiger partial charge in [0.15, 0.2) is 5.69 Å². The number of hydrogen-bond acceptors (Lipinski definition) is 3. The smallest absolute Gasteiger partial charge is 0.416 e. The first-order valence-electron chi connectivity index (χ1n) is 5.62. The number of alkyl halides is 3. The van der Waals surface area contributed by atoms with E-state index >= 15 is 0 Å². The Morgan fingerprint density at radius 3 is 2.65 bits per heavy atom. The molecule has 1 aromatic heterocycles. The molecule has 0 aliphatic heterocycles. The molecule has 2 aromatic rings. The van der Waals surface area contributed by atoms with Gasteiger partial charge < -0.3 is 5.11 Å². The van der Waals surface area contributed by atoms with E-state index in [1.165, 1.54) is 11.4 Å². The van der Waals surface area contributed by atoms with Crippen molar-refractivity contribution in [3.63, 3.8) is 0 Å². The van der Waals surface area contributed by atoms with E-state index in [4.69, 9.17) is 5.11 Å². The van der Waals surface area contributed by atoms with Crippen molar-refractivity contribution in [3.8, 4) is 0 Å². The number of aromatic carboxylic acids is 1. The van der Waals surface area contributed by atoms with Gasteiger partial charge in [0.05, 0.1) is 10.6 Å². The Hall–Kier alpha value is -1.89. The molecule has 1 N–H and O–H groups in total. The lowest BCUT2D eigenvalue weighted by Crippen LogP contribution is -2.06. The highest BCUT2D eigenvalue weighted by Crippen LogP contribution is 2.31. The Labute approximate surface area is 116 Å². The van der Waals surface area contributed by atoms with Gasteiger partial charge in [-0.3, -0.25) is 0 Å². The summed E-state index contributed by atoms with van der Waals surface area (Å²) in [6.45, 7) is 1.71. The van der Waals surface area contributed by atoms with Crippen LogP contribution in [0.2, 0.25) is 0 Å². The number of thiazole rings is 1. The van der Waals surface area contributed by atoms with Crippen molar-refractivity contribution >= 4 is 17.3 Å². The maximum absolute atomic E-state index is 12.7. The third-order valence-electron chi connectivity index (χ3n) is 2.79. The molecule has 0 amide bonds. The van der Waals surface area contributed by atoms with Gasteiger partial charge in [-0.25, -0.2) is 9.78 Å². The fourth-order valence-corrected chi connectivity index (χ4v) is 2.48. The number of aryl methyl sites for hydroxylation is 1. The number of aromatic nitrogens is 1. The number of hydrogen-bond donors (Lipinski definition) is 1. The Morgan fingerprint density at radius 2 is 2.10 bits per heavy atom. The number of carboxylic acids is 1. The molecule has 0 atom stereocenters. The van der Waals surface area contributed by atoms with Gasteiger partial charge in [0.1, 0.15) is 0 Å². The average Bonchev–Trinajstić information content (AvgIpc) is 2.79. The van der Waals surface area contributed by atoms with Gasteiger partial charge in [0.2, 0.25) is 0 Å². The first-order chi connectivity index (χ1) is 9.27. The molecule has 0 aliphatic rings. The van der Waals surface area contributed by atoms with Gasteiger partial charge in [0.25, 0.3) is 0 Å². The second-order valence-electron chi connectivity index (χ2n) is 4.25. The van der Waals surface area contributed by atoms with Crippen LogP contribution in [0, 0.1) is 6.92 Å². The van der Waals surface area contributed by atoms with Crippen LogP contribution < -0.4 is 0 Å². The molecule has 0 saturated carbocycles. The summed E-state index contributed by atoms with van der Waals surface area (Å²) < 4.78 is 38.0. The number of rotatable bonds is 3. The van der Waals surface area contributed by atoms with Gasteiger partial charge in [0, 0.05) is 11.8 Å². The second kappa shape index (κ2) is 5.24. The van der Waals surface area contributed by atoms with Crippen molar-refractivity contribution in [1.29, 1.82) is 0 Å². The molecule has 0 fully saturated rings. The lowest BCUT2D eigenvalue weighted by molar-refractivity contribution is -0.137. The maximum atomic E-state index is 12.7. The molecule has 0 saturated heterocycles. The average molecular weight is 301 g/mol. The Kier molecular flexibility index (Phi) is 3.80. The van der Waals surface area contributed by atoms with Crippen molar-refractivity contribution in [2.24, 2.45) is 0 Å². The van der Waals surface area contributed by atoms with Gasteiger partial charge in [-0.2, -0.15) is 13.2 Å². The minimum Gasteiger partial charge on any atom is -0.476 e. The van der Waals surface area contributed by atoms with Crippen molar-refractivity contribution in [2.75, 3.05) is 0 Å². The maximum Gasteiger partial charge on any atom is 0.416 e. The fraction of sp³-hybridized carbons (Fsp3) is 0.231. The highest BCUT2D eigenvalue weighted by atomic mass is 32.1. The zero-order chi connectivity index (χ0) is 14.9. The van der Waals surface area contributed by atoms with Crippen LogP contribution in [0.1, 0.15) is 32.2 Å². The predicted molar refractivity (Wildman–Crippen MR) is 68.1 cm³/mol. The molecule has 106 valence electrons. The topological polar surface area (TPSA) is 50.2 Å². The Bertz CT molecular complexity index is 649. The van der Waals surface area contributed by atoms with Gasteiger partial charge in [-0.1, -0.05) is 6.07 Å². The van der Waals surface area contributed by atoms with E-state index in [9.17, 15) is 18.0 Å². The van der Waals surface area contributed by atoms with Crippen molar-refractivity contribution in [2.45, 2.75) is 19.5 Å². The molecule has 1 heterocycles. The van der Waals surface area contributed by atoms with Gasteiger partial charge in [-0.05, 0) is 30.2 Å². The number of carboxylic acid groups (broad SMARTS) is 1. The third-order valence-corrected chi connectivity index (χ3v) is 3.64. The van der Waals surface area contributed by atoms with Crippen LogP contribution in [-0.2, 0) is 12.6 Å². The molecule has 0 radical (unpaired) electrons. The highest BCUT2D eigenvalue weighted by Gasteiger charge is 2.30. The molecule has 20 heavy (non-hydrogen) atoms. The van der Waals surface area contributed by atoms with E-state index in [2.05, 4.69) is 4.98 Å². The Balaban J connectivity index is 2.30. The first kappa shape index (κ1) is 14.5. The van der Waals surface area contributed by atoms with Crippen molar-refractivity contribution < 1.29 is 23.1 Å². The lowest BCUT2D eigenvalue weighted by Gasteiger charge is -2.10. The third kappa shape index (κ3) is 3.16. The van der Waals surface area contributed by atoms with Crippen LogP contribution in [0.3, 0.4) is 0 Å². The van der Waals surface area contributed by atoms with E-state index < -0.39 is 17.7 Å². The summed E-state index contributed by atoms with van der Waals surface area (Å²) in [5.74, 6) is -1.15. The number of benzene rings is 1. The number of carbonyl (C=O) groups is 1. The van der Waals surface area contributed by atoms with E-state index in [0.29, 0.717) is 16.1 Å². The van der Waals surface area contributed by atoms with E-state index in [0.717, 1.165) is 23.5 Å². The standard InChI is InChI=1S/C13H10F3NO2S/c1-7-2-3-9(13(14,15)16)4-8(7)5-11-17-10(6-20-11)12(18)19/h2-4,6H,5H2,1H3,(H,18,19). The summed E-state index contributed by atoms with van der Waals surface area (Å²) in [5, 5.41) is 10.6. The molecule has 7 heteroatoms. The molecule has 0 bridgehead atoms. The van der Waals surface area contributed by atoms with Crippen LogP contribution in [0.4, 0.5) is 13.2 Å². The molecule has 2 rings (SSSR count). The second-order valence-corrected chi connectivity index (χ2v) is 5.19. The van der Waals surface area contributed by atoms with E-state index in [-0.39, 0.29) is 12.1 Å². The monoisotopic (exact) mass is 301 g/mol. The largest absolute Gasteiger partial charge is 0.476 e. The number of halogens is 3. The summed E-state index contributed by atoms with van der Waals surface area (Å²) in [7, 11) is 0. The van der Waals surface area contributed by atoms with Crippen LogP contribution in [0.5, 0.6) is 0 Å². The van der Waals surface area contributed by atoms with Gasteiger partial charge >= 0.3 is 12.1 Å². The summed E-state index contributed by atoms with van der Waals surface area (Å²) >= 11 is 1.12. The molecular formula is C13H10F3NO2S. The zero-order valence-corrected chi connectivity index (χ0v) is 11.2. The minimum atomic E-state index is -4.39. The molecule has 0 unspecified atom stereocenters. The van der Waals surface area contributed by atoms with Crippen molar-refractivity contribution in [3.05, 3.63) is 51.0 Å². The normalized spacial score (nSPS) is 11.6. The van der Waals surface area contributed by atoms with Crippen molar-refractivity contribution in [1.82, 2.24) is 4.98 Å². The van der Waals surface area contributed by atoms with Crippen LogP contribution in [-0.4, -0.2) is 16.1 Å². The van der Waals surface area contributed by atoms with Crippen LogP contribution in [0.15, 0.2) is 23.6 Å². The molecule has 0 spiro atoms. The summed E-state index contributed by atoms with van der Waals surface area (Å²) in [6.07, 6.45) is -4.20. The van der Waals surface area contributed by atoms with E-state index in [1.807, 2.05) is 0 Å². The van der Waals surface area contributed by atoms with Crippen LogP contribution in [0.25, 0.3) is 0 Å². The summed E-state index contributed by atoms with van der Waals surface area (Å²) in [5.41, 5.74) is 0.402. The van der Waals surface area contributed by atoms with Crippen LogP contribution >= 0.6 is 11.3 Å². The minimum absolute atomic E-state index is 0.0883. The fourth-order valence-electron chi connectivity index (χ4n) is 1.69. The quantitative estimate of drug-likeness (QED) is 0.939. The molecule has 1 aromatic carbocycles. The summed E-state index contributed by atoms with van der Waals surface area (Å²) in [4.78, 5) is 14.6. The molecule has 0 aliphatic carbocycles. The zero-order valence-electron chi connectivity index (χ0n) is 10.4. The lowest BCUT2D eigenvalue weighted by atomic mass is 10.0.